The molecule has 120 valence electrons. The van der Waals surface area contributed by atoms with Gasteiger partial charge in [-0.25, -0.2) is 0 Å². The summed E-state index contributed by atoms with van der Waals surface area (Å²) < 4.78 is 0. The molecule has 1 aliphatic rings. The molecule has 1 aliphatic carbocycles. The van der Waals surface area contributed by atoms with Crippen molar-refractivity contribution in [3.05, 3.63) is 22.4 Å². The lowest BCUT2D eigenvalue weighted by molar-refractivity contribution is -0.141. The Morgan fingerprint density at radius 1 is 1.32 bits per heavy atom. The molecule has 0 unspecified atom stereocenters. The predicted molar refractivity (Wildman–Crippen MR) is 82.8 cm³/mol. The number of rotatable bonds is 7. The smallest absolute Gasteiger partial charge is 0.306 e. The molecule has 0 spiro atoms. The van der Waals surface area contributed by atoms with E-state index < -0.39 is 5.97 Å². The first-order chi connectivity index (χ1) is 10.6. The highest BCUT2D eigenvalue weighted by Gasteiger charge is 2.30. The Hall–Kier alpha value is -1.89. The third-order valence-electron chi connectivity index (χ3n) is 3.80. The Bertz CT molecular complexity index is 530. The van der Waals surface area contributed by atoms with Crippen LogP contribution in [0.25, 0.3) is 0 Å². The monoisotopic (exact) mass is 324 g/mol. The van der Waals surface area contributed by atoms with E-state index in [2.05, 4.69) is 10.6 Å². The second-order valence-electron chi connectivity index (χ2n) is 5.48. The molecule has 22 heavy (non-hydrogen) atoms. The molecule has 0 aromatic carbocycles. The van der Waals surface area contributed by atoms with Crippen LogP contribution in [0.5, 0.6) is 0 Å². The van der Waals surface area contributed by atoms with Gasteiger partial charge < -0.3 is 15.7 Å². The molecule has 1 aromatic heterocycles. The van der Waals surface area contributed by atoms with E-state index in [1.165, 1.54) is 11.3 Å². The molecular weight excluding hydrogens is 304 g/mol. The molecule has 0 bridgehead atoms. The fraction of sp³-hybridized carbons (Fsp3) is 0.533. The standard InChI is InChI=1S/C15H20N2O4S/c18-13(17-12-4-3-10(8-12)15(20)21)2-1-6-16-14(19)11-5-7-22-9-11/h5,7,9-10,12H,1-4,6,8H2,(H,16,19)(H,17,18)(H,20,21)/t10-,12+/m0/s1. The van der Waals surface area contributed by atoms with Crippen molar-refractivity contribution in [1.29, 1.82) is 0 Å². The number of carbonyl (C=O) groups excluding carboxylic acids is 2. The molecule has 2 amide bonds. The number of hydrogen-bond donors (Lipinski definition) is 3. The van der Waals surface area contributed by atoms with Gasteiger partial charge in [-0.2, -0.15) is 11.3 Å². The van der Waals surface area contributed by atoms with Gasteiger partial charge in [-0.05, 0) is 37.1 Å². The molecule has 6 nitrogen and oxygen atoms in total. The van der Waals surface area contributed by atoms with Gasteiger partial charge in [0.15, 0.2) is 0 Å². The molecule has 1 aromatic rings. The van der Waals surface area contributed by atoms with E-state index in [0.717, 1.165) is 6.42 Å². The van der Waals surface area contributed by atoms with Crippen molar-refractivity contribution in [2.75, 3.05) is 6.54 Å². The quantitative estimate of drug-likeness (QED) is 0.664. The zero-order chi connectivity index (χ0) is 15.9. The lowest BCUT2D eigenvalue weighted by Gasteiger charge is -2.12. The minimum atomic E-state index is -0.784. The van der Waals surface area contributed by atoms with Crippen molar-refractivity contribution in [1.82, 2.24) is 10.6 Å². The van der Waals surface area contributed by atoms with Crippen LogP contribution in [0.2, 0.25) is 0 Å². The molecule has 2 atom stereocenters. The highest BCUT2D eigenvalue weighted by atomic mass is 32.1. The topological polar surface area (TPSA) is 95.5 Å². The maximum atomic E-state index is 11.8. The Morgan fingerprint density at radius 3 is 2.77 bits per heavy atom. The van der Waals surface area contributed by atoms with Crippen molar-refractivity contribution in [3.8, 4) is 0 Å². The number of carboxylic acid groups (broad SMARTS) is 1. The van der Waals surface area contributed by atoms with Crippen LogP contribution < -0.4 is 10.6 Å². The summed E-state index contributed by atoms with van der Waals surface area (Å²) in [7, 11) is 0. The van der Waals surface area contributed by atoms with Crippen LogP contribution in [0.3, 0.4) is 0 Å². The van der Waals surface area contributed by atoms with Crippen molar-refractivity contribution >= 4 is 29.1 Å². The normalized spacial score (nSPS) is 20.5. The van der Waals surface area contributed by atoms with Crippen LogP contribution in [-0.2, 0) is 9.59 Å². The summed E-state index contributed by atoms with van der Waals surface area (Å²) in [6.45, 7) is 0.449. The zero-order valence-corrected chi connectivity index (χ0v) is 13.0. The predicted octanol–water partition coefficient (Wildman–Crippen LogP) is 1.63. The zero-order valence-electron chi connectivity index (χ0n) is 12.2. The molecule has 7 heteroatoms. The van der Waals surface area contributed by atoms with E-state index in [1.807, 2.05) is 5.38 Å². The van der Waals surface area contributed by atoms with Crippen molar-refractivity contribution in [2.45, 2.75) is 38.1 Å². The highest BCUT2D eigenvalue weighted by Crippen LogP contribution is 2.25. The van der Waals surface area contributed by atoms with Gasteiger partial charge in [0.05, 0.1) is 5.92 Å². The van der Waals surface area contributed by atoms with Crippen LogP contribution in [0.4, 0.5) is 0 Å². The molecule has 0 saturated heterocycles. The maximum absolute atomic E-state index is 11.8. The average molecular weight is 324 g/mol. The van der Waals surface area contributed by atoms with Crippen molar-refractivity contribution < 1.29 is 19.5 Å². The molecule has 0 aliphatic heterocycles. The molecular formula is C15H20N2O4S. The summed E-state index contributed by atoms with van der Waals surface area (Å²) in [5.41, 5.74) is 0.639. The SMILES string of the molecule is O=C(CCCNC(=O)c1ccsc1)N[C@@H]1CC[C@H](C(=O)O)C1. The molecule has 3 N–H and O–H groups in total. The van der Waals surface area contributed by atoms with Gasteiger partial charge in [0.2, 0.25) is 5.91 Å². The maximum Gasteiger partial charge on any atom is 0.306 e. The van der Waals surface area contributed by atoms with E-state index >= 15 is 0 Å². The number of thiophene rings is 1. The summed E-state index contributed by atoms with van der Waals surface area (Å²) in [5.74, 6) is -1.33. The number of aliphatic carboxylic acids is 1. The summed E-state index contributed by atoms with van der Waals surface area (Å²) in [5, 5.41) is 18.2. The summed E-state index contributed by atoms with van der Waals surface area (Å²) in [6, 6.07) is 1.72. The van der Waals surface area contributed by atoms with E-state index in [9.17, 15) is 14.4 Å². The van der Waals surface area contributed by atoms with Crippen LogP contribution in [-0.4, -0.2) is 35.5 Å². The first-order valence-corrected chi connectivity index (χ1v) is 8.33. The van der Waals surface area contributed by atoms with E-state index in [0.29, 0.717) is 37.8 Å². The Labute approximate surface area is 132 Å². The average Bonchev–Trinajstić information content (AvgIpc) is 3.14. The molecule has 1 heterocycles. The second-order valence-corrected chi connectivity index (χ2v) is 6.26. The number of carboxylic acids is 1. The number of hydrogen-bond acceptors (Lipinski definition) is 4. The Morgan fingerprint density at radius 2 is 2.14 bits per heavy atom. The fourth-order valence-corrected chi connectivity index (χ4v) is 3.22. The third-order valence-corrected chi connectivity index (χ3v) is 4.48. The van der Waals surface area contributed by atoms with Crippen LogP contribution in [0.15, 0.2) is 16.8 Å². The summed E-state index contributed by atoms with van der Waals surface area (Å²) >= 11 is 1.47. The first kappa shape index (κ1) is 16.5. The third kappa shape index (κ3) is 4.84. The van der Waals surface area contributed by atoms with Gasteiger partial charge in [-0.3, -0.25) is 14.4 Å². The second kappa shape index (κ2) is 7.93. The van der Waals surface area contributed by atoms with Crippen LogP contribution in [0.1, 0.15) is 42.5 Å². The Balaban J connectivity index is 1.58. The fourth-order valence-electron chi connectivity index (χ4n) is 2.58. The molecule has 1 saturated carbocycles. The van der Waals surface area contributed by atoms with Gasteiger partial charge in [-0.1, -0.05) is 0 Å². The molecule has 1 fully saturated rings. The first-order valence-electron chi connectivity index (χ1n) is 7.39. The van der Waals surface area contributed by atoms with Gasteiger partial charge >= 0.3 is 5.97 Å². The number of amides is 2. The van der Waals surface area contributed by atoms with Gasteiger partial charge in [0.25, 0.3) is 5.91 Å². The van der Waals surface area contributed by atoms with Gasteiger partial charge in [-0.15, -0.1) is 0 Å². The molecule has 2 rings (SSSR count). The van der Waals surface area contributed by atoms with E-state index in [-0.39, 0.29) is 23.8 Å². The lowest BCUT2D eigenvalue weighted by Crippen LogP contribution is -2.34. The van der Waals surface area contributed by atoms with Gasteiger partial charge in [0, 0.05) is 30.0 Å². The number of nitrogens with one attached hydrogen (secondary N) is 2. The minimum absolute atomic E-state index is 0.0333. The van der Waals surface area contributed by atoms with Crippen LogP contribution >= 0.6 is 11.3 Å². The summed E-state index contributed by atoms with van der Waals surface area (Å²) in [6.07, 6.45) is 2.75. The van der Waals surface area contributed by atoms with Crippen molar-refractivity contribution in [2.24, 2.45) is 5.92 Å². The van der Waals surface area contributed by atoms with E-state index in [4.69, 9.17) is 5.11 Å². The Kier molecular flexibility index (Phi) is 5.94. The van der Waals surface area contributed by atoms with Crippen molar-refractivity contribution in [3.63, 3.8) is 0 Å². The number of carbonyl (C=O) groups is 3. The largest absolute Gasteiger partial charge is 0.481 e. The van der Waals surface area contributed by atoms with E-state index in [1.54, 1.807) is 11.4 Å². The highest BCUT2D eigenvalue weighted by molar-refractivity contribution is 7.08. The lowest BCUT2D eigenvalue weighted by atomic mass is 10.1. The van der Waals surface area contributed by atoms with Gasteiger partial charge in [0.1, 0.15) is 0 Å². The molecule has 0 radical (unpaired) electrons. The minimum Gasteiger partial charge on any atom is -0.481 e. The van der Waals surface area contributed by atoms with Crippen LogP contribution in [0, 0.1) is 5.92 Å². The summed E-state index contributed by atoms with van der Waals surface area (Å²) in [4.78, 5) is 34.3.